The summed E-state index contributed by atoms with van der Waals surface area (Å²) in [7, 11) is 1.54. The van der Waals surface area contributed by atoms with Crippen molar-refractivity contribution in [1.82, 2.24) is 0 Å². The number of carbonyl (C=O) groups excluding carboxylic acids is 1. The summed E-state index contributed by atoms with van der Waals surface area (Å²) in [4.78, 5) is 11.7. The van der Waals surface area contributed by atoms with Gasteiger partial charge in [0.15, 0.2) is 0 Å². The Morgan fingerprint density at radius 2 is 2.06 bits per heavy atom. The molecule has 0 radical (unpaired) electrons. The third-order valence-corrected chi connectivity index (χ3v) is 2.48. The zero-order valence-corrected chi connectivity index (χ0v) is 11.1. The summed E-state index contributed by atoms with van der Waals surface area (Å²) < 4.78 is 15.3. The van der Waals surface area contributed by atoms with Gasteiger partial charge < -0.3 is 14.2 Å². The lowest BCUT2D eigenvalue weighted by Crippen LogP contribution is -2.23. The number of benzene rings is 1. The summed E-state index contributed by atoms with van der Waals surface area (Å²) in [5, 5.41) is 0. The van der Waals surface area contributed by atoms with Crippen LogP contribution in [0.25, 0.3) is 0 Å². The number of hydrogen-bond acceptors (Lipinski definition) is 4. The van der Waals surface area contributed by atoms with Gasteiger partial charge in [-0.1, -0.05) is 18.2 Å². The average molecular weight is 273 g/mol. The lowest BCUT2D eigenvalue weighted by atomic mass is 10.2. The van der Waals surface area contributed by atoms with Crippen molar-refractivity contribution >= 4 is 17.6 Å². The van der Waals surface area contributed by atoms with E-state index in [2.05, 4.69) is 0 Å². The van der Waals surface area contributed by atoms with E-state index in [1.165, 1.54) is 7.11 Å². The number of methoxy groups -OCH3 is 1. The Hall–Kier alpha value is -1.10. The van der Waals surface area contributed by atoms with Crippen LogP contribution in [0.1, 0.15) is 16.8 Å². The Bertz CT molecular complexity index is 342. The maximum absolute atomic E-state index is 11.7. The van der Waals surface area contributed by atoms with Gasteiger partial charge in [-0.25, -0.2) is 4.79 Å². The van der Waals surface area contributed by atoms with E-state index >= 15 is 0 Å². The second-order valence-corrected chi connectivity index (χ2v) is 4.02. The fourth-order valence-corrected chi connectivity index (χ4v) is 1.57. The Labute approximate surface area is 112 Å². The molecule has 0 heterocycles. The average Bonchev–Trinajstić information content (AvgIpc) is 2.42. The van der Waals surface area contributed by atoms with Crippen molar-refractivity contribution in [1.29, 1.82) is 0 Å². The standard InChI is InChI=1S/C13H17ClO4/c1-16-10-18-12(7-8-14)9-17-13(15)11-5-3-2-4-6-11/h2-6,12H,7-10H2,1H3/t12-/m1/s1. The van der Waals surface area contributed by atoms with Gasteiger partial charge in [0.1, 0.15) is 13.4 Å². The van der Waals surface area contributed by atoms with Crippen molar-refractivity contribution < 1.29 is 19.0 Å². The number of esters is 1. The highest BCUT2D eigenvalue weighted by atomic mass is 35.5. The molecule has 0 bridgehead atoms. The Morgan fingerprint density at radius 1 is 1.33 bits per heavy atom. The predicted molar refractivity (Wildman–Crippen MR) is 68.8 cm³/mol. The molecule has 4 nitrogen and oxygen atoms in total. The molecule has 18 heavy (non-hydrogen) atoms. The van der Waals surface area contributed by atoms with Gasteiger partial charge in [-0.3, -0.25) is 0 Å². The first kappa shape index (κ1) is 15.0. The first-order valence-electron chi connectivity index (χ1n) is 5.66. The fraction of sp³-hybridized carbons (Fsp3) is 0.462. The molecule has 0 saturated heterocycles. The molecule has 100 valence electrons. The van der Waals surface area contributed by atoms with Gasteiger partial charge in [-0.15, -0.1) is 11.6 Å². The Morgan fingerprint density at radius 3 is 2.67 bits per heavy atom. The molecule has 1 rings (SSSR count). The summed E-state index contributed by atoms with van der Waals surface area (Å²) in [5.41, 5.74) is 0.522. The molecule has 0 unspecified atom stereocenters. The molecule has 1 aromatic rings. The van der Waals surface area contributed by atoms with Gasteiger partial charge in [0, 0.05) is 13.0 Å². The highest BCUT2D eigenvalue weighted by molar-refractivity contribution is 6.17. The van der Waals surface area contributed by atoms with E-state index in [-0.39, 0.29) is 25.5 Å². The smallest absolute Gasteiger partial charge is 0.338 e. The van der Waals surface area contributed by atoms with Gasteiger partial charge in [0.05, 0.1) is 11.7 Å². The van der Waals surface area contributed by atoms with Gasteiger partial charge in [0.2, 0.25) is 0 Å². The van der Waals surface area contributed by atoms with Crippen molar-refractivity contribution in [3.63, 3.8) is 0 Å². The van der Waals surface area contributed by atoms with Crippen molar-refractivity contribution in [2.45, 2.75) is 12.5 Å². The highest BCUT2D eigenvalue weighted by Gasteiger charge is 2.13. The number of halogens is 1. The second-order valence-electron chi connectivity index (χ2n) is 3.64. The van der Waals surface area contributed by atoms with Crippen molar-refractivity contribution in [3.05, 3.63) is 35.9 Å². The normalized spacial score (nSPS) is 12.1. The van der Waals surface area contributed by atoms with Crippen molar-refractivity contribution in [2.24, 2.45) is 0 Å². The van der Waals surface area contributed by atoms with E-state index < -0.39 is 0 Å². The summed E-state index contributed by atoms with van der Waals surface area (Å²) in [6.45, 7) is 0.328. The molecule has 0 N–H and O–H groups in total. The van der Waals surface area contributed by atoms with Crippen molar-refractivity contribution in [3.8, 4) is 0 Å². The van der Waals surface area contributed by atoms with Crippen LogP contribution >= 0.6 is 11.6 Å². The van der Waals surface area contributed by atoms with Gasteiger partial charge in [-0.2, -0.15) is 0 Å². The molecule has 1 aromatic carbocycles. The van der Waals surface area contributed by atoms with E-state index in [1.54, 1.807) is 24.3 Å². The molecule has 5 heteroatoms. The summed E-state index contributed by atoms with van der Waals surface area (Å²) in [6.07, 6.45) is 0.364. The summed E-state index contributed by atoms with van der Waals surface area (Å²) >= 11 is 5.65. The van der Waals surface area contributed by atoms with Crippen LogP contribution in [0.4, 0.5) is 0 Å². The van der Waals surface area contributed by atoms with E-state index in [9.17, 15) is 4.79 Å². The molecule has 0 fully saturated rings. The molecular weight excluding hydrogens is 256 g/mol. The van der Waals surface area contributed by atoms with Crippen molar-refractivity contribution in [2.75, 3.05) is 26.4 Å². The SMILES string of the molecule is COCO[C@H](CCCl)COC(=O)c1ccccc1. The number of ether oxygens (including phenoxy) is 3. The molecule has 0 saturated carbocycles. The molecule has 1 atom stereocenters. The van der Waals surface area contributed by atoms with Crippen LogP contribution in [-0.4, -0.2) is 38.5 Å². The van der Waals surface area contributed by atoms with E-state index in [1.807, 2.05) is 6.07 Å². The molecule has 0 aliphatic heterocycles. The predicted octanol–water partition coefficient (Wildman–Crippen LogP) is 2.46. The number of alkyl halides is 1. The minimum atomic E-state index is -0.365. The van der Waals surface area contributed by atoms with Crippen LogP contribution in [0.2, 0.25) is 0 Å². The van der Waals surface area contributed by atoms with Crippen LogP contribution in [0.15, 0.2) is 30.3 Å². The Balaban J connectivity index is 2.39. The van der Waals surface area contributed by atoms with E-state index in [4.69, 9.17) is 25.8 Å². The van der Waals surface area contributed by atoms with E-state index in [0.717, 1.165) is 0 Å². The molecule has 0 aliphatic rings. The molecule has 0 aromatic heterocycles. The quantitative estimate of drug-likeness (QED) is 0.414. The van der Waals surface area contributed by atoms with Crippen LogP contribution in [0.5, 0.6) is 0 Å². The summed E-state index contributed by atoms with van der Waals surface area (Å²) in [5.74, 6) is 0.0771. The minimum absolute atomic E-state index is 0.157. The number of hydrogen-bond donors (Lipinski definition) is 0. The zero-order valence-electron chi connectivity index (χ0n) is 10.3. The first-order valence-corrected chi connectivity index (χ1v) is 6.20. The van der Waals surface area contributed by atoms with Gasteiger partial charge in [0.25, 0.3) is 0 Å². The maximum atomic E-state index is 11.7. The third kappa shape index (κ3) is 5.49. The lowest BCUT2D eigenvalue weighted by Gasteiger charge is -2.16. The maximum Gasteiger partial charge on any atom is 0.338 e. The topological polar surface area (TPSA) is 44.8 Å². The molecule has 0 spiro atoms. The third-order valence-electron chi connectivity index (χ3n) is 2.26. The van der Waals surface area contributed by atoms with Crippen LogP contribution in [0, 0.1) is 0 Å². The lowest BCUT2D eigenvalue weighted by molar-refractivity contribution is -0.0901. The zero-order chi connectivity index (χ0) is 13.2. The van der Waals surface area contributed by atoms with Crippen LogP contribution in [0.3, 0.4) is 0 Å². The highest BCUT2D eigenvalue weighted by Crippen LogP contribution is 2.05. The molecule has 0 aliphatic carbocycles. The Kier molecular flexibility index (Phi) is 7.41. The summed E-state index contributed by atoms with van der Waals surface area (Å²) in [6, 6.07) is 8.82. The molecular formula is C13H17ClO4. The van der Waals surface area contributed by atoms with Crippen LogP contribution < -0.4 is 0 Å². The van der Waals surface area contributed by atoms with Gasteiger partial charge in [-0.05, 0) is 18.6 Å². The second kappa shape index (κ2) is 8.91. The first-order chi connectivity index (χ1) is 8.77. The van der Waals surface area contributed by atoms with Gasteiger partial charge >= 0.3 is 5.97 Å². The number of carbonyl (C=O) groups is 1. The fourth-order valence-electron chi connectivity index (χ4n) is 1.33. The van der Waals surface area contributed by atoms with Crippen LogP contribution in [-0.2, 0) is 14.2 Å². The largest absolute Gasteiger partial charge is 0.459 e. The minimum Gasteiger partial charge on any atom is -0.459 e. The monoisotopic (exact) mass is 272 g/mol. The number of rotatable bonds is 8. The van der Waals surface area contributed by atoms with E-state index in [0.29, 0.717) is 17.9 Å². The molecule has 0 amide bonds.